The number of hydrogen-bond acceptors (Lipinski definition) is 6. The molecule has 2 atom stereocenters. The van der Waals surface area contributed by atoms with Gasteiger partial charge in [-0.25, -0.2) is 20.3 Å². The van der Waals surface area contributed by atoms with Crippen LogP contribution in [-0.2, 0) is 24.1 Å². The fourth-order valence-corrected chi connectivity index (χ4v) is 5.27. The maximum atomic E-state index is 13.9. The third-order valence-corrected chi connectivity index (χ3v) is 7.11. The van der Waals surface area contributed by atoms with Gasteiger partial charge in [0.15, 0.2) is 5.84 Å². The van der Waals surface area contributed by atoms with Crippen molar-refractivity contribution in [1.29, 1.82) is 0 Å². The lowest BCUT2D eigenvalue weighted by Crippen LogP contribution is -2.28. The molecule has 206 valence electrons. The third-order valence-electron chi connectivity index (χ3n) is 6.96. The first-order chi connectivity index (χ1) is 19.3. The summed E-state index contributed by atoms with van der Waals surface area (Å²) in [5.41, 5.74) is 9.95. The number of nitrogens with zero attached hydrogens (tertiary/aromatic N) is 3. The molecule has 0 fully saturated rings. The van der Waals surface area contributed by atoms with E-state index in [2.05, 4.69) is 17.4 Å². The lowest BCUT2D eigenvalue weighted by Gasteiger charge is -2.16. The quantitative estimate of drug-likeness (QED) is 0.267. The van der Waals surface area contributed by atoms with E-state index in [0.717, 1.165) is 64.0 Å². The largest absolute Gasteiger partial charge is 0.348 e. The summed E-state index contributed by atoms with van der Waals surface area (Å²) in [4.78, 5) is 27.9. The van der Waals surface area contributed by atoms with Crippen molar-refractivity contribution in [1.82, 2.24) is 15.0 Å². The van der Waals surface area contributed by atoms with Crippen LogP contribution in [0.3, 0.4) is 0 Å². The van der Waals surface area contributed by atoms with Gasteiger partial charge in [0.25, 0.3) is 12.0 Å². The van der Waals surface area contributed by atoms with Crippen molar-refractivity contribution in [3.63, 3.8) is 0 Å². The molecule has 2 N–H and O–H groups in total. The number of aromatic nitrogens is 2. The normalized spacial score (nSPS) is 15.5. The zero-order valence-corrected chi connectivity index (χ0v) is 23.7. The van der Waals surface area contributed by atoms with Gasteiger partial charge >= 0.3 is 0 Å². The van der Waals surface area contributed by atoms with Crippen LogP contribution in [0.2, 0.25) is 0 Å². The number of alkyl halides is 1. The van der Waals surface area contributed by atoms with E-state index in [1.54, 1.807) is 4.57 Å². The highest BCUT2D eigenvalue weighted by atomic mass is 35.5. The molecule has 1 aliphatic heterocycles. The number of benzene rings is 3. The van der Waals surface area contributed by atoms with Crippen molar-refractivity contribution in [2.75, 3.05) is 0 Å². The maximum absolute atomic E-state index is 13.9. The Balaban J connectivity index is 1.47. The number of hydroxylamine groups is 1. The zero-order chi connectivity index (χ0) is 28.2. The standard InChI is InChI=1S/C32H33ClN4O3/c1-4-7-29-28(31(38)37(21(3)34-29)25-16-12-22(13-17-25)18-20(2)33)19-23-10-14-24(15-11-23)26-8-5-6-9-27(26)30-35-32(39)40-36-30/h5-6,8-17,20,32,39H,4,7,18-19H2,1-3H3,(H,35,36). The first-order valence-corrected chi connectivity index (χ1v) is 14.0. The number of aliphatic hydroxyl groups is 1. The van der Waals surface area contributed by atoms with E-state index in [9.17, 15) is 9.90 Å². The summed E-state index contributed by atoms with van der Waals surface area (Å²) in [5.74, 6) is 1.16. The molecule has 2 heterocycles. The SMILES string of the molecule is CCCc1nc(C)n(-c2ccc(CC(C)Cl)cc2)c(=O)c1Cc1ccc(-c2ccccc2C2=NC(O)ON2)cc1. The van der Waals surface area contributed by atoms with Crippen LogP contribution in [0.15, 0.2) is 82.6 Å². The summed E-state index contributed by atoms with van der Waals surface area (Å²) in [6.07, 6.45) is 1.69. The van der Waals surface area contributed by atoms with E-state index in [1.165, 1.54) is 0 Å². The van der Waals surface area contributed by atoms with Crippen LogP contribution < -0.4 is 11.0 Å². The molecule has 4 aromatic rings. The molecule has 0 radical (unpaired) electrons. The average molecular weight is 557 g/mol. The van der Waals surface area contributed by atoms with Gasteiger partial charge in [0.2, 0.25) is 0 Å². The minimum Gasteiger partial charge on any atom is -0.348 e. The molecule has 5 rings (SSSR count). The number of hydrogen-bond donors (Lipinski definition) is 2. The van der Waals surface area contributed by atoms with Crippen LogP contribution >= 0.6 is 11.6 Å². The van der Waals surface area contributed by atoms with Crippen LogP contribution in [0.5, 0.6) is 0 Å². The molecule has 40 heavy (non-hydrogen) atoms. The van der Waals surface area contributed by atoms with Crippen LogP contribution in [0.25, 0.3) is 16.8 Å². The predicted octanol–water partition coefficient (Wildman–Crippen LogP) is 5.48. The first kappa shape index (κ1) is 27.8. The molecule has 7 nitrogen and oxygen atoms in total. The van der Waals surface area contributed by atoms with E-state index in [1.807, 2.05) is 86.6 Å². The van der Waals surface area contributed by atoms with Crippen molar-refractivity contribution in [2.24, 2.45) is 4.99 Å². The lowest BCUT2D eigenvalue weighted by atomic mass is 9.96. The van der Waals surface area contributed by atoms with Gasteiger partial charge in [-0.15, -0.1) is 11.6 Å². The molecule has 0 saturated heterocycles. The Labute approximate surface area is 239 Å². The molecule has 2 unspecified atom stereocenters. The maximum Gasteiger partial charge on any atom is 0.280 e. The van der Waals surface area contributed by atoms with Gasteiger partial charge in [-0.2, -0.15) is 0 Å². The Kier molecular flexibility index (Phi) is 8.45. The molecular formula is C32H33ClN4O3. The highest BCUT2D eigenvalue weighted by Gasteiger charge is 2.20. The number of nitrogens with one attached hydrogen (secondary N) is 1. The number of halogens is 1. The number of amidine groups is 1. The van der Waals surface area contributed by atoms with Gasteiger partial charge in [-0.3, -0.25) is 9.36 Å². The summed E-state index contributed by atoms with van der Waals surface area (Å²) >= 11 is 6.16. The average Bonchev–Trinajstić information content (AvgIpc) is 3.38. The molecule has 3 aromatic carbocycles. The number of aryl methyl sites for hydroxylation is 2. The second kappa shape index (κ2) is 12.2. The first-order valence-electron chi connectivity index (χ1n) is 13.5. The van der Waals surface area contributed by atoms with Gasteiger partial charge in [0, 0.05) is 22.9 Å². The second-order valence-electron chi connectivity index (χ2n) is 10.1. The van der Waals surface area contributed by atoms with E-state index in [-0.39, 0.29) is 10.9 Å². The Hall–Kier alpha value is -3.78. The summed E-state index contributed by atoms with van der Waals surface area (Å²) < 4.78 is 1.71. The molecule has 1 aliphatic rings. The number of rotatable bonds is 9. The molecular weight excluding hydrogens is 524 g/mol. The van der Waals surface area contributed by atoms with Crippen molar-refractivity contribution in [2.45, 2.75) is 58.2 Å². The summed E-state index contributed by atoms with van der Waals surface area (Å²) in [6, 6.07) is 23.9. The highest BCUT2D eigenvalue weighted by Crippen LogP contribution is 2.26. The van der Waals surface area contributed by atoms with E-state index in [0.29, 0.717) is 18.1 Å². The van der Waals surface area contributed by atoms with Crippen molar-refractivity contribution >= 4 is 17.4 Å². The Bertz CT molecular complexity index is 1580. The molecule has 0 saturated carbocycles. The van der Waals surface area contributed by atoms with Crippen molar-refractivity contribution in [3.8, 4) is 16.8 Å². The topological polar surface area (TPSA) is 88.7 Å². The lowest BCUT2D eigenvalue weighted by molar-refractivity contribution is -0.102. The van der Waals surface area contributed by atoms with Gasteiger partial charge in [0.1, 0.15) is 5.82 Å². The van der Waals surface area contributed by atoms with Crippen molar-refractivity contribution in [3.05, 3.63) is 117 Å². The van der Waals surface area contributed by atoms with Gasteiger partial charge in [-0.05, 0) is 61.1 Å². The highest BCUT2D eigenvalue weighted by molar-refractivity contribution is 6.20. The summed E-state index contributed by atoms with van der Waals surface area (Å²) in [6.45, 7) is 5.96. The van der Waals surface area contributed by atoms with Crippen LogP contribution in [0.1, 0.15) is 54.0 Å². The predicted molar refractivity (Wildman–Crippen MR) is 159 cm³/mol. The smallest absolute Gasteiger partial charge is 0.280 e. The van der Waals surface area contributed by atoms with Gasteiger partial charge in [-0.1, -0.05) is 74.0 Å². The minimum absolute atomic E-state index is 0.0345. The van der Waals surface area contributed by atoms with Crippen LogP contribution in [-0.4, -0.2) is 32.3 Å². The van der Waals surface area contributed by atoms with Crippen molar-refractivity contribution < 1.29 is 9.94 Å². The molecule has 1 aromatic heterocycles. The molecule has 0 bridgehead atoms. The van der Waals surface area contributed by atoms with E-state index >= 15 is 0 Å². The monoisotopic (exact) mass is 556 g/mol. The van der Waals surface area contributed by atoms with E-state index < -0.39 is 6.41 Å². The Morgan fingerprint density at radius 1 is 1.02 bits per heavy atom. The number of aliphatic imine (C=N–C) groups is 1. The summed E-state index contributed by atoms with van der Waals surface area (Å²) in [7, 11) is 0. The Morgan fingerprint density at radius 2 is 1.70 bits per heavy atom. The molecule has 8 heteroatoms. The van der Waals surface area contributed by atoms with Crippen LogP contribution in [0.4, 0.5) is 0 Å². The van der Waals surface area contributed by atoms with Gasteiger partial charge in [0.05, 0.1) is 11.4 Å². The fraction of sp³-hybridized carbons (Fsp3) is 0.281. The summed E-state index contributed by atoms with van der Waals surface area (Å²) in [5, 5.41) is 9.67. The third kappa shape index (κ3) is 6.02. The Morgan fingerprint density at radius 3 is 2.33 bits per heavy atom. The van der Waals surface area contributed by atoms with Gasteiger partial charge < -0.3 is 5.11 Å². The van der Waals surface area contributed by atoms with E-state index in [4.69, 9.17) is 21.4 Å². The zero-order valence-electron chi connectivity index (χ0n) is 22.9. The number of aliphatic hydroxyl groups excluding tert-OH is 1. The fourth-order valence-electron chi connectivity index (χ4n) is 5.09. The minimum atomic E-state index is -1.22. The molecule has 0 spiro atoms. The molecule has 0 amide bonds. The second-order valence-corrected chi connectivity index (χ2v) is 10.8. The van der Waals surface area contributed by atoms with Crippen LogP contribution in [0, 0.1) is 6.92 Å². The molecule has 0 aliphatic carbocycles.